The van der Waals surface area contributed by atoms with Crippen molar-refractivity contribution in [2.24, 2.45) is 5.92 Å². The Morgan fingerprint density at radius 1 is 1.04 bits per heavy atom. The quantitative estimate of drug-likeness (QED) is 0.539. The van der Waals surface area contributed by atoms with E-state index in [1.807, 2.05) is 13.8 Å². The van der Waals surface area contributed by atoms with Crippen molar-refractivity contribution in [2.75, 3.05) is 19.6 Å². The molecule has 2 N–H and O–H groups in total. The van der Waals surface area contributed by atoms with Crippen LogP contribution in [-0.4, -0.2) is 54.3 Å². The van der Waals surface area contributed by atoms with Crippen LogP contribution in [0.3, 0.4) is 0 Å². The number of carbonyl (C=O) groups is 4. The summed E-state index contributed by atoms with van der Waals surface area (Å²) in [5.41, 5.74) is 0.540. The monoisotopic (exact) mass is 399 g/mol. The van der Waals surface area contributed by atoms with E-state index in [1.165, 1.54) is 18.2 Å². The highest BCUT2D eigenvalue weighted by molar-refractivity contribution is 6.22. The Morgan fingerprint density at radius 3 is 2.25 bits per heavy atom. The molecule has 1 aliphatic rings. The van der Waals surface area contributed by atoms with E-state index in [0.717, 1.165) is 4.90 Å². The molecule has 7 nitrogen and oxygen atoms in total. The predicted octanol–water partition coefficient (Wildman–Crippen LogP) is 1.74. The molecular formula is C18H20F3N3O4. The Kier molecular flexibility index (Phi) is 6.42. The Labute approximate surface area is 159 Å². The molecular weight excluding hydrogens is 379 g/mol. The molecule has 28 heavy (non-hydrogen) atoms. The lowest BCUT2D eigenvalue weighted by Gasteiger charge is -2.15. The van der Waals surface area contributed by atoms with Crippen molar-refractivity contribution in [2.45, 2.75) is 26.4 Å². The molecule has 1 aromatic carbocycles. The molecule has 0 saturated heterocycles. The maximum atomic E-state index is 12.4. The minimum absolute atomic E-state index is 0.0282. The van der Waals surface area contributed by atoms with Crippen LogP contribution in [0.5, 0.6) is 0 Å². The highest BCUT2D eigenvalue weighted by atomic mass is 19.4. The summed E-state index contributed by atoms with van der Waals surface area (Å²) in [4.78, 5) is 48.6. The van der Waals surface area contributed by atoms with Gasteiger partial charge in [0.1, 0.15) is 0 Å². The average molecular weight is 399 g/mol. The molecule has 4 amide bonds. The number of imide groups is 1. The van der Waals surface area contributed by atoms with Gasteiger partial charge in [0.25, 0.3) is 17.7 Å². The van der Waals surface area contributed by atoms with Gasteiger partial charge < -0.3 is 10.6 Å². The normalized spacial score (nSPS) is 13.7. The number of rotatable bonds is 7. The number of alkyl halides is 3. The number of nitrogens with one attached hydrogen (secondary N) is 2. The van der Waals surface area contributed by atoms with E-state index in [0.29, 0.717) is 0 Å². The highest BCUT2D eigenvalue weighted by Crippen LogP contribution is 2.24. The van der Waals surface area contributed by atoms with Gasteiger partial charge in [-0.15, -0.1) is 0 Å². The van der Waals surface area contributed by atoms with E-state index < -0.39 is 29.8 Å². The fourth-order valence-corrected chi connectivity index (χ4v) is 2.66. The van der Waals surface area contributed by atoms with Crippen LogP contribution in [0.2, 0.25) is 0 Å². The van der Waals surface area contributed by atoms with Gasteiger partial charge >= 0.3 is 12.1 Å². The van der Waals surface area contributed by atoms with Crippen molar-refractivity contribution in [1.82, 2.24) is 15.5 Å². The van der Waals surface area contributed by atoms with Crippen LogP contribution in [0.4, 0.5) is 13.2 Å². The number of benzene rings is 1. The zero-order chi connectivity index (χ0) is 21.1. The summed E-state index contributed by atoms with van der Waals surface area (Å²) in [6.07, 6.45) is -4.85. The third kappa shape index (κ3) is 4.87. The second-order valence-electron chi connectivity index (χ2n) is 6.74. The van der Waals surface area contributed by atoms with E-state index in [4.69, 9.17) is 0 Å². The summed E-state index contributed by atoms with van der Waals surface area (Å²) in [6, 6.07) is 4.15. The maximum absolute atomic E-state index is 12.4. The number of hydrogen-bond acceptors (Lipinski definition) is 4. The van der Waals surface area contributed by atoms with Crippen LogP contribution in [0.15, 0.2) is 18.2 Å². The molecule has 2 rings (SSSR count). The lowest BCUT2D eigenvalue weighted by Crippen LogP contribution is -2.38. The summed E-state index contributed by atoms with van der Waals surface area (Å²) < 4.78 is 36.1. The van der Waals surface area contributed by atoms with Crippen LogP contribution in [0.25, 0.3) is 0 Å². The van der Waals surface area contributed by atoms with E-state index in [2.05, 4.69) is 5.32 Å². The summed E-state index contributed by atoms with van der Waals surface area (Å²) >= 11 is 0. The number of hydrogen-bond donors (Lipinski definition) is 2. The molecule has 1 heterocycles. The molecule has 0 saturated carbocycles. The SMILES string of the molecule is CC(C)CN1C(=O)c2ccc(C(=O)NCCCNC(=O)C(F)(F)F)cc2C1=O. The zero-order valence-corrected chi connectivity index (χ0v) is 15.4. The number of nitrogens with zero attached hydrogens (tertiary/aromatic N) is 1. The Balaban J connectivity index is 1.91. The van der Waals surface area contributed by atoms with Gasteiger partial charge in [-0.2, -0.15) is 13.2 Å². The second kappa shape index (κ2) is 8.41. The van der Waals surface area contributed by atoms with Gasteiger partial charge in [0, 0.05) is 25.2 Å². The predicted molar refractivity (Wildman–Crippen MR) is 92.7 cm³/mol. The third-order valence-corrected chi connectivity index (χ3v) is 3.96. The third-order valence-electron chi connectivity index (χ3n) is 3.96. The Bertz CT molecular complexity index is 806. The minimum atomic E-state index is -4.94. The first-order valence-corrected chi connectivity index (χ1v) is 8.65. The standard InChI is InChI=1S/C18H20F3N3O4/c1-10(2)9-24-15(26)12-5-4-11(8-13(12)16(24)27)14(25)22-6-3-7-23-17(28)18(19,20)21/h4-5,8,10H,3,6-7,9H2,1-2H3,(H,22,25)(H,23,28). The smallest absolute Gasteiger partial charge is 0.352 e. The summed E-state index contributed by atoms with van der Waals surface area (Å²) in [5, 5.41) is 4.19. The van der Waals surface area contributed by atoms with Gasteiger partial charge in [-0.1, -0.05) is 13.8 Å². The molecule has 0 spiro atoms. The van der Waals surface area contributed by atoms with Crippen molar-refractivity contribution in [3.63, 3.8) is 0 Å². The van der Waals surface area contributed by atoms with E-state index in [9.17, 15) is 32.3 Å². The first kappa shape index (κ1) is 21.4. The lowest BCUT2D eigenvalue weighted by atomic mass is 10.1. The minimum Gasteiger partial charge on any atom is -0.352 e. The highest BCUT2D eigenvalue weighted by Gasteiger charge is 2.38. The van der Waals surface area contributed by atoms with Crippen molar-refractivity contribution in [3.8, 4) is 0 Å². The average Bonchev–Trinajstić information content (AvgIpc) is 2.84. The molecule has 0 fully saturated rings. The fraction of sp³-hybridized carbons (Fsp3) is 0.444. The number of carbonyl (C=O) groups excluding carboxylic acids is 4. The van der Waals surface area contributed by atoms with Crippen molar-refractivity contribution in [3.05, 3.63) is 34.9 Å². The van der Waals surface area contributed by atoms with E-state index in [1.54, 1.807) is 5.32 Å². The number of fused-ring (bicyclic) bond motifs is 1. The van der Waals surface area contributed by atoms with E-state index in [-0.39, 0.29) is 48.7 Å². The summed E-state index contributed by atoms with van der Waals surface area (Å²) in [6.45, 7) is 3.80. The molecule has 0 aliphatic carbocycles. The maximum Gasteiger partial charge on any atom is 0.471 e. The van der Waals surface area contributed by atoms with Gasteiger partial charge in [0.2, 0.25) is 0 Å². The van der Waals surface area contributed by atoms with Crippen molar-refractivity contribution >= 4 is 23.6 Å². The van der Waals surface area contributed by atoms with Crippen molar-refractivity contribution < 1.29 is 32.3 Å². The van der Waals surface area contributed by atoms with Crippen LogP contribution in [0.1, 0.15) is 51.3 Å². The number of halogens is 3. The van der Waals surface area contributed by atoms with E-state index >= 15 is 0 Å². The molecule has 152 valence electrons. The van der Waals surface area contributed by atoms with Gasteiger partial charge in [-0.25, -0.2) is 0 Å². The van der Waals surface area contributed by atoms with Crippen molar-refractivity contribution in [1.29, 1.82) is 0 Å². The molecule has 1 aliphatic heterocycles. The van der Waals surface area contributed by atoms with Gasteiger partial charge in [-0.3, -0.25) is 24.1 Å². The summed E-state index contributed by atoms with van der Waals surface area (Å²) in [5.74, 6) is -3.33. The van der Waals surface area contributed by atoms with Crippen LogP contribution in [-0.2, 0) is 4.79 Å². The van der Waals surface area contributed by atoms with Gasteiger partial charge in [0.15, 0.2) is 0 Å². The molecule has 0 bridgehead atoms. The first-order chi connectivity index (χ1) is 13.0. The largest absolute Gasteiger partial charge is 0.471 e. The Morgan fingerprint density at radius 2 is 1.64 bits per heavy atom. The lowest BCUT2D eigenvalue weighted by molar-refractivity contribution is -0.173. The number of amides is 4. The van der Waals surface area contributed by atoms with Gasteiger partial charge in [-0.05, 0) is 30.5 Å². The molecule has 1 aromatic rings. The molecule has 0 unspecified atom stereocenters. The van der Waals surface area contributed by atoms with Crippen LogP contribution >= 0.6 is 0 Å². The van der Waals surface area contributed by atoms with Crippen LogP contribution < -0.4 is 10.6 Å². The molecule has 0 atom stereocenters. The fourth-order valence-electron chi connectivity index (χ4n) is 2.66. The topological polar surface area (TPSA) is 95.6 Å². The first-order valence-electron chi connectivity index (χ1n) is 8.65. The summed E-state index contributed by atoms with van der Waals surface area (Å²) in [7, 11) is 0. The zero-order valence-electron chi connectivity index (χ0n) is 15.4. The molecule has 0 radical (unpaired) electrons. The molecule has 10 heteroatoms. The second-order valence-corrected chi connectivity index (χ2v) is 6.74. The molecule has 0 aromatic heterocycles. The Hall–Kier alpha value is -2.91. The van der Waals surface area contributed by atoms with Gasteiger partial charge in [0.05, 0.1) is 11.1 Å². The van der Waals surface area contributed by atoms with Crippen LogP contribution in [0, 0.1) is 5.92 Å².